The molecule has 0 unspecified atom stereocenters. The number of hydrogen-bond acceptors (Lipinski definition) is 4. The maximum Gasteiger partial charge on any atom is 0.223 e. The summed E-state index contributed by atoms with van der Waals surface area (Å²) in [7, 11) is 3.58. The maximum absolute atomic E-state index is 12.5. The number of methoxy groups -OCH3 is 1. The highest BCUT2D eigenvalue weighted by Gasteiger charge is 2.22. The van der Waals surface area contributed by atoms with Gasteiger partial charge in [-0.3, -0.25) is 4.79 Å². The van der Waals surface area contributed by atoms with Crippen molar-refractivity contribution in [2.24, 2.45) is 0 Å². The quantitative estimate of drug-likeness (QED) is 0.810. The van der Waals surface area contributed by atoms with E-state index in [2.05, 4.69) is 10.1 Å². The monoisotopic (exact) mass is 342 g/mol. The third-order valence-corrected chi connectivity index (χ3v) is 5.01. The summed E-state index contributed by atoms with van der Waals surface area (Å²) in [5.74, 6) is 1.79. The molecule has 0 aliphatic heterocycles. The fraction of sp³-hybridized carbons (Fsp3) is 0.526. The van der Waals surface area contributed by atoms with E-state index in [1.165, 1.54) is 25.6 Å². The Morgan fingerprint density at radius 3 is 2.64 bits per heavy atom. The number of benzene rings is 1. The van der Waals surface area contributed by atoms with E-state index in [1.807, 2.05) is 36.2 Å². The fourth-order valence-electron chi connectivity index (χ4n) is 3.44. The fourth-order valence-corrected chi connectivity index (χ4v) is 3.44. The van der Waals surface area contributed by atoms with Gasteiger partial charge in [-0.05, 0) is 37.1 Å². The van der Waals surface area contributed by atoms with Crippen molar-refractivity contribution in [2.45, 2.75) is 51.0 Å². The number of ether oxygens (including phenoxy) is 1. The number of carbonyl (C=O) groups excluding carboxylic acids is 1. The molecule has 1 amide bonds. The van der Waals surface area contributed by atoms with Crippen molar-refractivity contribution in [1.29, 1.82) is 0 Å². The first kappa shape index (κ1) is 17.5. The van der Waals surface area contributed by atoms with Crippen LogP contribution in [0.1, 0.15) is 44.3 Å². The molecule has 2 aromatic rings. The molecule has 1 aliphatic carbocycles. The van der Waals surface area contributed by atoms with E-state index in [9.17, 15) is 4.79 Å². The Morgan fingerprint density at radius 2 is 1.96 bits per heavy atom. The first-order valence-electron chi connectivity index (χ1n) is 8.98. The molecule has 1 fully saturated rings. The lowest BCUT2D eigenvalue weighted by atomic mass is 9.94. The summed E-state index contributed by atoms with van der Waals surface area (Å²) >= 11 is 0. The molecule has 6 heteroatoms. The van der Waals surface area contributed by atoms with Crippen LogP contribution < -0.4 is 4.74 Å². The van der Waals surface area contributed by atoms with Gasteiger partial charge in [0.2, 0.25) is 5.91 Å². The van der Waals surface area contributed by atoms with E-state index in [0.717, 1.165) is 30.1 Å². The summed E-state index contributed by atoms with van der Waals surface area (Å²) in [4.78, 5) is 18.8. The molecule has 1 heterocycles. The topological polar surface area (TPSA) is 60.2 Å². The number of aromatic nitrogens is 3. The lowest BCUT2D eigenvalue weighted by Gasteiger charge is -2.31. The van der Waals surface area contributed by atoms with Gasteiger partial charge in [0.1, 0.15) is 17.9 Å². The van der Waals surface area contributed by atoms with Crippen molar-refractivity contribution in [3.05, 3.63) is 36.4 Å². The van der Waals surface area contributed by atoms with Crippen molar-refractivity contribution >= 4 is 5.91 Å². The highest BCUT2D eigenvalue weighted by atomic mass is 16.5. The van der Waals surface area contributed by atoms with E-state index < -0.39 is 0 Å². The molecule has 0 bridgehead atoms. The van der Waals surface area contributed by atoms with Gasteiger partial charge in [-0.1, -0.05) is 19.3 Å². The molecule has 0 N–H and O–H groups in total. The van der Waals surface area contributed by atoms with Gasteiger partial charge in [0.05, 0.1) is 12.8 Å². The first-order chi connectivity index (χ1) is 12.2. The lowest BCUT2D eigenvalue weighted by molar-refractivity contribution is -0.132. The molecule has 0 radical (unpaired) electrons. The molecule has 134 valence electrons. The minimum atomic E-state index is 0.191. The Labute approximate surface area is 148 Å². The summed E-state index contributed by atoms with van der Waals surface area (Å²) in [6.45, 7) is 0. The van der Waals surface area contributed by atoms with Crippen LogP contribution in [0.5, 0.6) is 5.75 Å². The number of rotatable bonds is 6. The summed E-state index contributed by atoms with van der Waals surface area (Å²) in [5, 5.41) is 4.29. The minimum absolute atomic E-state index is 0.191. The average molecular weight is 342 g/mol. The van der Waals surface area contributed by atoms with Crippen molar-refractivity contribution in [3.8, 4) is 11.4 Å². The van der Waals surface area contributed by atoms with Crippen LogP contribution in [-0.4, -0.2) is 45.8 Å². The predicted octanol–water partition coefficient (Wildman–Crippen LogP) is 3.00. The zero-order valence-corrected chi connectivity index (χ0v) is 15.0. The zero-order valence-electron chi connectivity index (χ0n) is 15.0. The zero-order chi connectivity index (χ0) is 17.6. The van der Waals surface area contributed by atoms with Crippen molar-refractivity contribution in [2.75, 3.05) is 14.2 Å². The van der Waals surface area contributed by atoms with Crippen molar-refractivity contribution in [3.63, 3.8) is 0 Å². The predicted molar refractivity (Wildman–Crippen MR) is 95.9 cm³/mol. The van der Waals surface area contributed by atoms with Crippen LogP contribution in [-0.2, 0) is 11.2 Å². The molecular weight excluding hydrogens is 316 g/mol. The van der Waals surface area contributed by atoms with Crippen LogP contribution in [0.2, 0.25) is 0 Å². The van der Waals surface area contributed by atoms with Crippen molar-refractivity contribution < 1.29 is 9.53 Å². The van der Waals surface area contributed by atoms with Crippen LogP contribution in [0.25, 0.3) is 5.69 Å². The van der Waals surface area contributed by atoms with Crippen LogP contribution in [0.3, 0.4) is 0 Å². The van der Waals surface area contributed by atoms with Gasteiger partial charge in [0, 0.05) is 25.9 Å². The summed E-state index contributed by atoms with van der Waals surface area (Å²) < 4.78 is 6.97. The first-order valence-corrected chi connectivity index (χ1v) is 8.98. The normalized spacial score (nSPS) is 15.1. The maximum atomic E-state index is 12.5. The summed E-state index contributed by atoms with van der Waals surface area (Å²) in [6, 6.07) is 8.06. The molecule has 1 aromatic carbocycles. The Kier molecular flexibility index (Phi) is 5.68. The van der Waals surface area contributed by atoms with Gasteiger partial charge in [-0.2, -0.15) is 5.10 Å². The standard InChI is InChI=1S/C19H26N4O2/c1-22(15-6-4-3-5-7-15)19(24)13-12-18-20-14-21-23(18)16-8-10-17(25-2)11-9-16/h8-11,14-15H,3-7,12-13H2,1-2H3. The Balaban J connectivity index is 1.61. The number of carbonyl (C=O) groups is 1. The second-order valence-corrected chi connectivity index (χ2v) is 6.58. The highest BCUT2D eigenvalue weighted by molar-refractivity contribution is 5.76. The molecule has 1 saturated carbocycles. The number of nitrogens with zero attached hydrogens (tertiary/aromatic N) is 4. The van der Waals surface area contributed by atoms with E-state index in [0.29, 0.717) is 18.9 Å². The van der Waals surface area contributed by atoms with Crippen LogP contribution >= 0.6 is 0 Å². The van der Waals surface area contributed by atoms with E-state index >= 15 is 0 Å². The largest absolute Gasteiger partial charge is 0.497 e. The lowest BCUT2D eigenvalue weighted by Crippen LogP contribution is -2.38. The molecule has 1 aromatic heterocycles. The van der Waals surface area contributed by atoms with Gasteiger partial charge >= 0.3 is 0 Å². The molecule has 1 aliphatic rings. The number of hydrogen-bond donors (Lipinski definition) is 0. The SMILES string of the molecule is COc1ccc(-n2ncnc2CCC(=O)N(C)C2CCCCC2)cc1. The Morgan fingerprint density at radius 1 is 1.24 bits per heavy atom. The van der Waals surface area contributed by atoms with Crippen LogP contribution in [0.15, 0.2) is 30.6 Å². The van der Waals surface area contributed by atoms with Crippen LogP contribution in [0.4, 0.5) is 0 Å². The molecule has 3 rings (SSSR count). The highest BCUT2D eigenvalue weighted by Crippen LogP contribution is 2.22. The molecule has 0 atom stereocenters. The van der Waals surface area contributed by atoms with Crippen molar-refractivity contribution in [1.82, 2.24) is 19.7 Å². The molecule has 0 saturated heterocycles. The van der Waals surface area contributed by atoms with E-state index in [-0.39, 0.29) is 5.91 Å². The number of aryl methyl sites for hydroxylation is 1. The summed E-state index contributed by atoms with van der Waals surface area (Å²) in [5.41, 5.74) is 0.918. The Bertz CT molecular complexity index is 690. The van der Waals surface area contributed by atoms with Gasteiger partial charge in [-0.25, -0.2) is 9.67 Å². The van der Waals surface area contributed by atoms with Gasteiger partial charge < -0.3 is 9.64 Å². The van der Waals surface area contributed by atoms with Crippen LogP contribution in [0, 0.1) is 0 Å². The molecular formula is C19H26N4O2. The summed E-state index contributed by atoms with van der Waals surface area (Å²) in [6.07, 6.45) is 8.60. The van der Waals surface area contributed by atoms with E-state index in [1.54, 1.807) is 11.8 Å². The average Bonchev–Trinajstić information content (AvgIpc) is 3.15. The third-order valence-electron chi connectivity index (χ3n) is 5.01. The molecule has 6 nitrogen and oxygen atoms in total. The molecule has 25 heavy (non-hydrogen) atoms. The third kappa shape index (κ3) is 4.18. The van der Waals surface area contributed by atoms with Gasteiger partial charge in [0.15, 0.2) is 0 Å². The minimum Gasteiger partial charge on any atom is -0.497 e. The van der Waals surface area contributed by atoms with Gasteiger partial charge in [-0.15, -0.1) is 0 Å². The smallest absolute Gasteiger partial charge is 0.223 e. The van der Waals surface area contributed by atoms with E-state index in [4.69, 9.17) is 4.74 Å². The second kappa shape index (κ2) is 8.14. The second-order valence-electron chi connectivity index (χ2n) is 6.58. The number of amides is 1. The molecule has 0 spiro atoms. The Hall–Kier alpha value is -2.37. The van der Waals surface area contributed by atoms with Gasteiger partial charge in [0.25, 0.3) is 0 Å².